The number of hydrogen-bond acceptors (Lipinski definition) is 4. The van der Waals surface area contributed by atoms with Gasteiger partial charge in [0.1, 0.15) is 0 Å². The molecule has 0 aromatic heterocycles. The van der Waals surface area contributed by atoms with Gasteiger partial charge in [-0.3, -0.25) is 0 Å². The van der Waals surface area contributed by atoms with Crippen molar-refractivity contribution in [3.05, 3.63) is 24.3 Å². The molecule has 0 saturated carbocycles. The molecular formula is C14H23N3O. The van der Waals surface area contributed by atoms with Crippen LogP contribution in [0.5, 0.6) is 0 Å². The van der Waals surface area contributed by atoms with Gasteiger partial charge >= 0.3 is 0 Å². The Bertz CT molecular complexity index is 383. The summed E-state index contributed by atoms with van der Waals surface area (Å²) in [6.45, 7) is 6.83. The van der Waals surface area contributed by atoms with Crippen LogP contribution in [0.15, 0.2) is 24.3 Å². The summed E-state index contributed by atoms with van der Waals surface area (Å²) in [5, 5.41) is 0. The number of para-hydroxylation sites is 2. The third-order valence-electron chi connectivity index (χ3n) is 3.43. The van der Waals surface area contributed by atoms with Crippen molar-refractivity contribution < 1.29 is 4.74 Å². The fraction of sp³-hybridized carbons (Fsp3) is 0.571. The van der Waals surface area contributed by atoms with Crippen molar-refractivity contribution >= 4 is 11.4 Å². The Hall–Kier alpha value is -1.26. The van der Waals surface area contributed by atoms with Crippen LogP contribution in [0.3, 0.4) is 0 Å². The van der Waals surface area contributed by atoms with Gasteiger partial charge in [-0.25, -0.2) is 0 Å². The maximum atomic E-state index is 6.04. The third kappa shape index (κ3) is 3.15. The van der Waals surface area contributed by atoms with Gasteiger partial charge < -0.3 is 20.3 Å². The minimum Gasteiger partial charge on any atom is -0.397 e. The zero-order valence-corrected chi connectivity index (χ0v) is 11.3. The number of anilines is 2. The van der Waals surface area contributed by atoms with Crippen molar-refractivity contribution in [3.8, 4) is 0 Å². The highest BCUT2D eigenvalue weighted by molar-refractivity contribution is 5.67. The number of nitrogens with two attached hydrogens (primary N) is 1. The van der Waals surface area contributed by atoms with E-state index in [1.165, 1.54) is 0 Å². The summed E-state index contributed by atoms with van der Waals surface area (Å²) in [4.78, 5) is 4.61. The van der Waals surface area contributed by atoms with Gasteiger partial charge in [0.2, 0.25) is 0 Å². The van der Waals surface area contributed by atoms with Gasteiger partial charge in [-0.2, -0.15) is 0 Å². The van der Waals surface area contributed by atoms with Crippen LogP contribution in [0.2, 0.25) is 0 Å². The molecule has 4 heteroatoms. The van der Waals surface area contributed by atoms with E-state index >= 15 is 0 Å². The fourth-order valence-electron chi connectivity index (χ4n) is 2.40. The first-order chi connectivity index (χ1) is 8.70. The predicted octanol–water partition coefficient (Wildman–Crippen LogP) is 1.43. The van der Waals surface area contributed by atoms with Gasteiger partial charge in [0.25, 0.3) is 0 Å². The Kier molecular flexibility index (Phi) is 4.44. The Labute approximate surface area is 109 Å². The maximum absolute atomic E-state index is 6.04. The van der Waals surface area contributed by atoms with Crippen LogP contribution >= 0.6 is 0 Å². The van der Waals surface area contributed by atoms with Gasteiger partial charge in [0.05, 0.1) is 24.1 Å². The highest BCUT2D eigenvalue weighted by Crippen LogP contribution is 2.23. The molecule has 18 heavy (non-hydrogen) atoms. The quantitative estimate of drug-likeness (QED) is 0.820. The van der Waals surface area contributed by atoms with Crippen LogP contribution in [-0.2, 0) is 4.74 Å². The van der Waals surface area contributed by atoms with Crippen LogP contribution in [0, 0.1) is 0 Å². The molecule has 1 unspecified atom stereocenters. The SMILES string of the molecule is CCN(CC1CN(C)CCO1)c1ccccc1N. The molecule has 4 nitrogen and oxygen atoms in total. The number of benzene rings is 1. The fourth-order valence-corrected chi connectivity index (χ4v) is 2.40. The molecule has 100 valence electrons. The minimum atomic E-state index is 0.267. The number of hydrogen-bond donors (Lipinski definition) is 1. The first-order valence-corrected chi connectivity index (χ1v) is 6.60. The van der Waals surface area contributed by atoms with E-state index in [1.54, 1.807) is 0 Å². The van der Waals surface area contributed by atoms with Crippen LogP contribution in [0.4, 0.5) is 11.4 Å². The lowest BCUT2D eigenvalue weighted by atomic mass is 10.2. The van der Waals surface area contributed by atoms with E-state index in [9.17, 15) is 0 Å². The summed E-state index contributed by atoms with van der Waals surface area (Å²) in [6.07, 6.45) is 0.267. The van der Waals surface area contributed by atoms with Crippen LogP contribution in [0.25, 0.3) is 0 Å². The first-order valence-electron chi connectivity index (χ1n) is 6.60. The summed E-state index contributed by atoms with van der Waals surface area (Å²) >= 11 is 0. The van der Waals surface area contributed by atoms with E-state index in [-0.39, 0.29) is 6.10 Å². The molecule has 1 atom stereocenters. The lowest BCUT2D eigenvalue weighted by molar-refractivity contribution is -0.0146. The van der Waals surface area contributed by atoms with E-state index in [0.717, 1.165) is 44.2 Å². The van der Waals surface area contributed by atoms with E-state index in [1.807, 2.05) is 18.2 Å². The highest BCUT2D eigenvalue weighted by Gasteiger charge is 2.20. The molecule has 1 aliphatic heterocycles. The second-order valence-corrected chi connectivity index (χ2v) is 4.85. The zero-order chi connectivity index (χ0) is 13.0. The standard InChI is InChI=1S/C14H23N3O/c1-3-17(14-7-5-4-6-13(14)15)11-12-10-16(2)8-9-18-12/h4-7,12H,3,8-11,15H2,1-2H3. The van der Waals surface area contributed by atoms with E-state index in [2.05, 4.69) is 29.8 Å². The molecule has 0 aliphatic carbocycles. The second kappa shape index (κ2) is 6.07. The molecule has 2 N–H and O–H groups in total. The van der Waals surface area contributed by atoms with Gasteiger partial charge in [-0.15, -0.1) is 0 Å². The summed E-state index contributed by atoms with van der Waals surface area (Å²) in [5.41, 5.74) is 7.98. The normalized spacial score (nSPS) is 20.9. The molecule has 1 aromatic rings. The van der Waals surface area contributed by atoms with Crippen molar-refractivity contribution in [3.63, 3.8) is 0 Å². The number of ether oxygens (including phenoxy) is 1. The topological polar surface area (TPSA) is 41.7 Å². The maximum Gasteiger partial charge on any atom is 0.0877 e. The molecule has 0 bridgehead atoms. The number of morpholine rings is 1. The molecule has 0 amide bonds. The summed E-state index contributed by atoms with van der Waals surface area (Å²) in [5.74, 6) is 0. The van der Waals surface area contributed by atoms with E-state index in [0.29, 0.717) is 0 Å². The van der Waals surface area contributed by atoms with E-state index in [4.69, 9.17) is 10.5 Å². The highest BCUT2D eigenvalue weighted by atomic mass is 16.5. The van der Waals surface area contributed by atoms with Crippen molar-refractivity contribution in [2.24, 2.45) is 0 Å². The molecule has 1 aromatic carbocycles. The van der Waals surface area contributed by atoms with Crippen molar-refractivity contribution in [2.75, 3.05) is 50.5 Å². The summed E-state index contributed by atoms with van der Waals surface area (Å²) in [7, 11) is 2.14. The van der Waals surface area contributed by atoms with Crippen LogP contribution in [-0.4, -0.2) is 50.8 Å². The van der Waals surface area contributed by atoms with E-state index < -0.39 is 0 Å². The van der Waals surface area contributed by atoms with Gasteiger partial charge in [-0.05, 0) is 26.1 Å². The summed E-state index contributed by atoms with van der Waals surface area (Å²) in [6, 6.07) is 8.02. The first kappa shape index (κ1) is 13.2. The Morgan fingerprint density at radius 3 is 2.89 bits per heavy atom. The smallest absolute Gasteiger partial charge is 0.0877 e. The molecule has 0 radical (unpaired) electrons. The largest absolute Gasteiger partial charge is 0.397 e. The molecule has 0 spiro atoms. The van der Waals surface area contributed by atoms with Crippen LogP contribution in [0.1, 0.15) is 6.92 Å². The average molecular weight is 249 g/mol. The Morgan fingerprint density at radius 1 is 1.44 bits per heavy atom. The number of likely N-dealkylation sites (N-methyl/N-ethyl adjacent to an activating group) is 2. The predicted molar refractivity (Wildman–Crippen MR) is 76.0 cm³/mol. The second-order valence-electron chi connectivity index (χ2n) is 4.85. The monoisotopic (exact) mass is 249 g/mol. The summed E-state index contributed by atoms with van der Waals surface area (Å²) < 4.78 is 5.82. The van der Waals surface area contributed by atoms with Gasteiger partial charge in [0.15, 0.2) is 0 Å². The number of rotatable bonds is 4. The van der Waals surface area contributed by atoms with Gasteiger partial charge in [0, 0.05) is 26.2 Å². The third-order valence-corrected chi connectivity index (χ3v) is 3.43. The number of nitrogens with zero attached hydrogens (tertiary/aromatic N) is 2. The molecule has 2 rings (SSSR count). The molecule has 1 aliphatic rings. The average Bonchev–Trinajstić information content (AvgIpc) is 2.37. The Balaban J connectivity index is 2.03. The number of nitrogen functional groups attached to an aromatic ring is 1. The molecular weight excluding hydrogens is 226 g/mol. The molecule has 1 fully saturated rings. The molecule has 1 saturated heterocycles. The minimum absolute atomic E-state index is 0.267. The van der Waals surface area contributed by atoms with Crippen LogP contribution < -0.4 is 10.6 Å². The zero-order valence-electron chi connectivity index (χ0n) is 11.3. The Morgan fingerprint density at radius 2 is 2.22 bits per heavy atom. The van der Waals surface area contributed by atoms with Crippen molar-refractivity contribution in [1.82, 2.24) is 4.90 Å². The van der Waals surface area contributed by atoms with Gasteiger partial charge in [-0.1, -0.05) is 12.1 Å². The molecule has 1 heterocycles. The lowest BCUT2D eigenvalue weighted by Crippen LogP contribution is -2.46. The lowest BCUT2D eigenvalue weighted by Gasteiger charge is -2.34. The van der Waals surface area contributed by atoms with Crippen molar-refractivity contribution in [1.29, 1.82) is 0 Å². The van der Waals surface area contributed by atoms with Crippen molar-refractivity contribution in [2.45, 2.75) is 13.0 Å².